The van der Waals surface area contributed by atoms with Crippen molar-refractivity contribution < 1.29 is 19.1 Å². The lowest BCUT2D eigenvalue weighted by Gasteiger charge is -2.16. The zero-order valence-corrected chi connectivity index (χ0v) is 14.8. The van der Waals surface area contributed by atoms with Crippen molar-refractivity contribution in [1.82, 2.24) is 10.6 Å². The molecule has 1 aliphatic rings. The molecule has 0 aromatic heterocycles. The van der Waals surface area contributed by atoms with Crippen LogP contribution in [0.4, 0.5) is 10.5 Å². The van der Waals surface area contributed by atoms with Crippen molar-refractivity contribution in [3.63, 3.8) is 0 Å². The first-order valence-corrected chi connectivity index (χ1v) is 8.64. The summed E-state index contributed by atoms with van der Waals surface area (Å²) >= 11 is 0. The first-order valence-electron chi connectivity index (χ1n) is 8.64. The Bertz CT molecular complexity index is 645. The first-order chi connectivity index (χ1) is 12.0. The van der Waals surface area contributed by atoms with E-state index in [1.807, 2.05) is 30.0 Å². The van der Waals surface area contributed by atoms with E-state index in [1.165, 1.54) is 0 Å². The van der Waals surface area contributed by atoms with Crippen molar-refractivity contribution in [3.8, 4) is 0 Å². The molecule has 0 bridgehead atoms. The number of carbonyl (C=O) groups excluding carboxylic acids is 3. The summed E-state index contributed by atoms with van der Waals surface area (Å²) in [6.07, 6.45) is 1.48. The number of anilines is 1. The van der Waals surface area contributed by atoms with Crippen molar-refractivity contribution in [2.75, 3.05) is 24.6 Å². The highest BCUT2D eigenvalue weighted by molar-refractivity contribution is 5.95. The fourth-order valence-electron chi connectivity index (χ4n) is 2.77. The highest BCUT2D eigenvalue weighted by Crippen LogP contribution is 2.29. The summed E-state index contributed by atoms with van der Waals surface area (Å²) in [5.74, 6) is -0.196. The van der Waals surface area contributed by atoms with Crippen LogP contribution in [-0.4, -0.2) is 37.6 Å². The van der Waals surface area contributed by atoms with E-state index in [2.05, 4.69) is 10.6 Å². The van der Waals surface area contributed by atoms with E-state index in [4.69, 9.17) is 4.74 Å². The number of amides is 3. The molecule has 0 atom stereocenters. The Morgan fingerprint density at radius 1 is 1.20 bits per heavy atom. The predicted molar refractivity (Wildman–Crippen MR) is 94.3 cm³/mol. The van der Waals surface area contributed by atoms with Crippen molar-refractivity contribution in [2.24, 2.45) is 0 Å². The zero-order chi connectivity index (χ0) is 18.2. The third kappa shape index (κ3) is 5.20. The maximum atomic E-state index is 11.9. The molecule has 0 aliphatic carbocycles. The molecule has 2 N–H and O–H groups in total. The molecule has 0 radical (unpaired) electrons. The zero-order valence-electron chi connectivity index (χ0n) is 14.8. The fraction of sp³-hybridized carbons (Fsp3) is 0.500. The lowest BCUT2D eigenvalue weighted by Crippen LogP contribution is -2.36. The minimum Gasteiger partial charge on any atom is -0.466 e. The van der Waals surface area contributed by atoms with Crippen LogP contribution in [-0.2, 0) is 27.3 Å². The molecule has 2 rings (SSSR count). The number of hydrogen-bond acceptors (Lipinski definition) is 4. The summed E-state index contributed by atoms with van der Waals surface area (Å²) in [5.41, 5.74) is 3.07. The van der Waals surface area contributed by atoms with Crippen LogP contribution < -0.4 is 15.5 Å². The van der Waals surface area contributed by atoms with Crippen molar-refractivity contribution in [2.45, 2.75) is 39.7 Å². The van der Waals surface area contributed by atoms with E-state index in [0.717, 1.165) is 23.2 Å². The number of rotatable bonds is 7. The monoisotopic (exact) mass is 347 g/mol. The van der Waals surface area contributed by atoms with Gasteiger partial charge in [-0.3, -0.25) is 9.59 Å². The second-order valence-corrected chi connectivity index (χ2v) is 5.78. The number of nitrogens with one attached hydrogen (secondary N) is 2. The molecule has 1 heterocycles. The predicted octanol–water partition coefficient (Wildman–Crippen LogP) is 1.74. The number of benzene rings is 1. The number of ether oxygens (including phenoxy) is 1. The minimum absolute atomic E-state index is 0.130. The van der Waals surface area contributed by atoms with Crippen LogP contribution >= 0.6 is 0 Å². The van der Waals surface area contributed by atoms with Gasteiger partial charge in [-0.1, -0.05) is 19.1 Å². The summed E-state index contributed by atoms with van der Waals surface area (Å²) in [4.78, 5) is 36.6. The topological polar surface area (TPSA) is 87.7 Å². The molecule has 0 spiro atoms. The summed E-state index contributed by atoms with van der Waals surface area (Å²) in [7, 11) is 0. The normalized spacial score (nSPS) is 12.5. The number of carbonyl (C=O) groups is 3. The van der Waals surface area contributed by atoms with Gasteiger partial charge in [-0.2, -0.15) is 0 Å². The maximum absolute atomic E-state index is 11.9. The van der Waals surface area contributed by atoms with Crippen molar-refractivity contribution >= 4 is 23.6 Å². The molecular weight excluding hydrogens is 322 g/mol. The molecule has 0 saturated heterocycles. The number of fused-ring (bicyclic) bond motifs is 1. The second kappa shape index (κ2) is 9.05. The van der Waals surface area contributed by atoms with Gasteiger partial charge in [-0.05, 0) is 30.5 Å². The lowest BCUT2D eigenvalue weighted by molar-refractivity contribution is -0.142. The van der Waals surface area contributed by atoms with Crippen molar-refractivity contribution in [3.05, 3.63) is 29.3 Å². The van der Waals surface area contributed by atoms with E-state index in [0.29, 0.717) is 26.1 Å². The third-order valence-corrected chi connectivity index (χ3v) is 4.02. The Morgan fingerprint density at radius 2 is 2.00 bits per heavy atom. The molecule has 1 aromatic rings. The number of esters is 1. The summed E-state index contributed by atoms with van der Waals surface area (Å²) in [6, 6.07) is 5.55. The molecule has 3 amide bonds. The largest absolute Gasteiger partial charge is 0.466 e. The van der Waals surface area contributed by atoms with Gasteiger partial charge in [0.25, 0.3) is 0 Å². The maximum Gasteiger partial charge on any atom is 0.315 e. The summed E-state index contributed by atoms with van der Waals surface area (Å²) < 4.78 is 4.79. The highest BCUT2D eigenvalue weighted by atomic mass is 16.5. The average molecular weight is 347 g/mol. The quantitative estimate of drug-likeness (QED) is 0.736. The third-order valence-electron chi connectivity index (χ3n) is 4.02. The number of nitrogens with zero attached hydrogens (tertiary/aromatic N) is 1. The molecule has 0 fully saturated rings. The standard InChI is InChI=1S/C18H25N3O4/c1-3-16(22)21-10-8-14-11-13(5-6-15(14)21)12-20-18(24)19-9-7-17(23)25-4-2/h5-6,11H,3-4,7-10,12H2,1-2H3,(H2,19,20,24). The van der Waals surface area contributed by atoms with Gasteiger partial charge in [0.1, 0.15) is 0 Å². The van der Waals surface area contributed by atoms with Crippen LogP contribution in [0.1, 0.15) is 37.8 Å². The smallest absolute Gasteiger partial charge is 0.315 e. The van der Waals surface area contributed by atoms with E-state index >= 15 is 0 Å². The molecule has 7 heteroatoms. The Kier molecular flexibility index (Phi) is 6.80. The van der Waals surface area contributed by atoms with Crippen LogP contribution in [0.2, 0.25) is 0 Å². The van der Waals surface area contributed by atoms with Crippen molar-refractivity contribution in [1.29, 1.82) is 0 Å². The number of hydrogen-bond donors (Lipinski definition) is 2. The Labute approximate surface area is 147 Å². The molecule has 7 nitrogen and oxygen atoms in total. The Morgan fingerprint density at radius 3 is 2.72 bits per heavy atom. The summed E-state index contributed by atoms with van der Waals surface area (Å²) in [5, 5.41) is 5.38. The van der Waals surface area contributed by atoms with Crippen LogP contribution in [0, 0.1) is 0 Å². The summed E-state index contributed by atoms with van der Waals surface area (Å²) in [6.45, 7) is 5.28. The van der Waals surface area contributed by atoms with E-state index in [1.54, 1.807) is 6.92 Å². The average Bonchev–Trinajstić information content (AvgIpc) is 3.02. The van der Waals surface area contributed by atoms with Crippen LogP contribution in [0.15, 0.2) is 18.2 Å². The molecule has 0 unspecified atom stereocenters. The molecule has 136 valence electrons. The lowest BCUT2D eigenvalue weighted by atomic mass is 10.1. The van der Waals surface area contributed by atoms with E-state index in [9.17, 15) is 14.4 Å². The molecule has 25 heavy (non-hydrogen) atoms. The Hall–Kier alpha value is -2.57. The molecule has 1 aromatic carbocycles. The molecule has 0 saturated carbocycles. The van der Waals surface area contributed by atoms with E-state index < -0.39 is 0 Å². The Balaban J connectivity index is 1.79. The number of urea groups is 1. The van der Waals surface area contributed by atoms with Gasteiger partial charge in [-0.15, -0.1) is 0 Å². The highest BCUT2D eigenvalue weighted by Gasteiger charge is 2.23. The van der Waals surface area contributed by atoms with E-state index in [-0.39, 0.29) is 30.9 Å². The molecule has 1 aliphatic heterocycles. The van der Waals surface area contributed by atoms with Gasteiger partial charge in [0.05, 0.1) is 13.0 Å². The van der Waals surface area contributed by atoms with Crippen LogP contribution in [0.3, 0.4) is 0 Å². The fourth-order valence-corrected chi connectivity index (χ4v) is 2.77. The SMILES string of the molecule is CCOC(=O)CCNC(=O)NCc1ccc2c(c1)CCN2C(=O)CC. The van der Waals surface area contributed by atoms with Crippen LogP contribution in [0.5, 0.6) is 0 Å². The van der Waals surface area contributed by atoms with Gasteiger partial charge in [0.2, 0.25) is 5.91 Å². The van der Waals surface area contributed by atoms with Gasteiger partial charge in [0, 0.05) is 31.7 Å². The first kappa shape index (κ1) is 18.8. The van der Waals surface area contributed by atoms with Gasteiger partial charge >= 0.3 is 12.0 Å². The molecular formula is C18H25N3O4. The van der Waals surface area contributed by atoms with Gasteiger partial charge < -0.3 is 20.3 Å². The van der Waals surface area contributed by atoms with Gasteiger partial charge in [-0.25, -0.2) is 4.79 Å². The minimum atomic E-state index is -0.326. The van der Waals surface area contributed by atoms with Crippen LogP contribution in [0.25, 0.3) is 0 Å². The second-order valence-electron chi connectivity index (χ2n) is 5.78. The van der Waals surface area contributed by atoms with Gasteiger partial charge in [0.15, 0.2) is 0 Å².